The normalized spacial score (nSPS) is 19.2. The van der Waals surface area contributed by atoms with Crippen LogP contribution in [0, 0.1) is 12.8 Å². The lowest BCUT2D eigenvalue weighted by Crippen LogP contribution is -2.49. The van der Waals surface area contributed by atoms with Crippen LogP contribution >= 0.6 is 0 Å². The number of hydrogen-bond donors (Lipinski definition) is 0. The highest BCUT2D eigenvalue weighted by atomic mass is 16.7. The second-order valence-corrected chi connectivity index (χ2v) is 16.6. The fraction of sp³-hybridized carbons (Fsp3) is 0.396. The zero-order chi connectivity index (χ0) is 44.0. The highest BCUT2D eigenvalue weighted by Crippen LogP contribution is 2.45. The molecule has 321 valence electrons. The topological polar surface area (TPSA) is 144 Å². The molecule has 0 spiro atoms. The van der Waals surface area contributed by atoms with Crippen molar-refractivity contribution in [3.8, 4) is 11.5 Å². The second-order valence-electron chi connectivity index (χ2n) is 16.6. The van der Waals surface area contributed by atoms with Gasteiger partial charge in [-0.25, -0.2) is 4.79 Å². The van der Waals surface area contributed by atoms with Crippen LogP contribution in [-0.4, -0.2) is 67.5 Å². The van der Waals surface area contributed by atoms with Gasteiger partial charge in [-0.1, -0.05) is 79.1 Å². The molecule has 2 heterocycles. The number of aromatic nitrogens is 1. The van der Waals surface area contributed by atoms with E-state index in [1.807, 2.05) is 86.6 Å². The Morgan fingerprint density at radius 2 is 1.51 bits per heavy atom. The van der Waals surface area contributed by atoms with Crippen LogP contribution in [0.1, 0.15) is 75.9 Å². The summed E-state index contributed by atoms with van der Waals surface area (Å²) in [6, 6.07) is 25.1. The molecule has 2 N–H and O–H groups in total. The van der Waals surface area contributed by atoms with Gasteiger partial charge >= 0.3 is 13.6 Å². The average Bonchev–Trinajstić information content (AvgIpc) is 3.59. The smallest absolute Gasteiger partial charge is 0.497 e. The Balaban J connectivity index is 1.29. The van der Waals surface area contributed by atoms with Crippen molar-refractivity contribution >= 4 is 19.1 Å². The van der Waals surface area contributed by atoms with Gasteiger partial charge in [0.2, 0.25) is 0 Å². The first-order chi connectivity index (χ1) is 29.0. The summed E-state index contributed by atoms with van der Waals surface area (Å²) in [7, 11) is 4.84. The van der Waals surface area contributed by atoms with E-state index in [1.54, 1.807) is 42.5 Å². The van der Waals surface area contributed by atoms with Crippen LogP contribution in [0.5, 0.6) is 11.5 Å². The molecule has 61 heavy (non-hydrogen) atoms. The lowest BCUT2D eigenvalue weighted by Gasteiger charge is -2.39. The molecule has 0 saturated carbocycles. The maximum Gasteiger partial charge on any atom is 0.508 e. The van der Waals surface area contributed by atoms with Crippen molar-refractivity contribution in [3.63, 3.8) is 0 Å². The molecule has 1 aliphatic heterocycles. The van der Waals surface area contributed by atoms with Gasteiger partial charge in [0.15, 0.2) is 11.0 Å². The third-order valence-corrected chi connectivity index (χ3v) is 11.6. The molecule has 4 aromatic rings. The molecule has 1 aromatic heterocycles. The second kappa shape index (κ2) is 19.1. The maximum atomic E-state index is 13.5. The summed E-state index contributed by atoms with van der Waals surface area (Å²) in [6.45, 7) is 10.9. The van der Waals surface area contributed by atoms with E-state index in [-0.39, 0.29) is 31.0 Å². The van der Waals surface area contributed by atoms with Gasteiger partial charge in [0, 0.05) is 38.1 Å². The van der Waals surface area contributed by atoms with Crippen molar-refractivity contribution in [1.29, 1.82) is 0 Å². The molecular weight excluding hydrogens is 777 g/mol. The van der Waals surface area contributed by atoms with Gasteiger partial charge in [-0.05, 0) is 85.7 Å². The van der Waals surface area contributed by atoms with E-state index in [9.17, 15) is 14.4 Å². The Labute approximate surface area is 358 Å². The first-order valence-corrected chi connectivity index (χ1v) is 20.4. The lowest BCUT2D eigenvalue weighted by molar-refractivity contribution is -0.100. The van der Waals surface area contributed by atoms with Crippen LogP contribution in [0.15, 0.2) is 125 Å². The minimum atomic E-state index is -1.18. The Kier molecular flexibility index (Phi) is 14.1. The van der Waals surface area contributed by atoms with Crippen LogP contribution in [0.2, 0.25) is 0 Å². The van der Waals surface area contributed by atoms with E-state index in [2.05, 4.69) is 25.2 Å². The van der Waals surface area contributed by atoms with E-state index in [0.717, 1.165) is 28.6 Å². The third kappa shape index (κ3) is 10.5. The molecule has 3 aromatic carbocycles. The minimum absolute atomic E-state index is 0.0699. The molecule has 0 bridgehead atoms. The monoisotopic (exact) mass is 833 g/mol. The molecule has 2 unspecified atom stereocenters. The standard InChI is InChI=1S/C48H55BNO11/c1-31-10-9-11-36(26-31)48(34-14-20-38(55-7)21-15-34,35-16-22-39(56-8)23-17-35)58-30-42-41(27-44(59-42)50-28-32(2)40(51)24-25-43(50)52)60-45(53)57-29-33-12-18-37(19-13-33)49-61-47(5,6)46(3,4)54/h9,11-26,28,31,41-42,44,54H,10,27,29-30H2,1-8H3/p+1/t31?,41-,42+,44?/m0/s1. The van der Waals surface area contributed by atoms with Crippen molar-refractivity contribution in [2.45, 2.75) is 96.2 Å². The highest BCUT2D eigenvalue weighted by molar-refractivity contribution is 6.47. The summed E-state index contributed by atoms with van der Waals surface area (Å²) >= 11 is 0. The van der Waals surface area contributed by atoms with Crippen LogP contribution < -0.4 is 25.9 Å². The fourth-order valence-electron chi connectivity index (χ4n) is 7.11. The number of allylic oxidation sites excluding steroid dienone is 2. The molecule has 1 radical (unpaired) electrons. The van der Waals surface area contributed by atoms with Crippen molar-refractivity contribution in [2.75, 3.05) is 20.8 Å². The first-order valence-electron chi connectivity index (χ1n) is 20.4. The number of carbonyl (C=O) groups excluding carboxylic acids is 1. The maximum absolute atomic E-state index is 13.5. The first kappa shape index (κ1) is 45.1. The van der Waals surface area contributed by atoms with Crippen molar-refractivity contribution in [3.05, 3.63) is 158 Å². The quantitative estimate of drug-likeness (QED) is 0.0691. The average molecular weight is 834 g/mol. The Bertz CT molecular complexity index is 2270. The summed E-state index contributed by atoms with van der Waals surface area (Å²) in [5.74, 6) is 1.57. The van der Waals surface area contributed by atoms with E-state index >= 15 is 0 Å². The summed E-state index contributed by atoms with van der Waals surface area (Å²) in [6.07, 6.45) is 5.19. The number of methoxy groups -OCH3 is 2. The van der Waals surface area contributed by atoms with Gasteiger partial charge in [-0.3, -0.25) is 14.2 Å². The van der Waals surface area contributed by atoms with Gasteiger partial charge in [-0.2, -0.15) is 0 Å². The van der Waals surface area contributed by atoms with Gasteiger partial charge < -0.3 is 38.2 Å². The van der Waals surface area contributed by atoms with Gasteiger partial charge in [0.1, 0.15) is 47.7 Å². The van der Waals surface area contributed by atoms with Gasteiger partial charge in [0.05, 0.1) is 20.8 Å². The van der Waals surface area contributed by atoms with Crippen molar-refractivity contribution in [1.82, 2.24) is 4.57 Å². The SMILES string of the molecule is COc1ccc(C(OC[C@H]2OC(n3cc(C)c(=O)ccc3=O)C[C@@H]2OC(=O)OCc2ccc([B]OC(C)(C)C(C)(C)[OH2+])cc2)(C2=CC(C)CC=C2)c2ccc(OC)cc2)cc1. The Morgan fingerprint density at radius 3 is 2.08 bits per heavy atom. The molecule has 4 atom stereocenters. The number of aryl methyl sites for hydroxylation is 1. The minimum Gasteiger partial charge on any atom is -0.497 e. The third-order valence-electron chi connectivity index (χ3n) is 11.6. The van der Waals surface area contributed by atoms with Crippen molar-refractivity contribution in [2.24, 2.45) is 5.92 Å². The molecular formula is C48H56BNO11+. The van der Waals surface area contributed by atoms with Gasteiger partial charge in [-0.15, -0.1) is 0 Å². The summed E-state index contributed by atoms with van der Waals surface area (Å²) in [5, 5.41) is 8.35. The van der Waals surface area contributed by atoms with E-state index < -0.39 is 47.0 Å². The predicted molar refractivity (Wildman–Crippen MR) is 234 cm³/mol. The zero-order valence-corrected chi connectivity index (χ0v) is 36.1. The number of nitrogens with zero attached hydrogens (tertiary/aromatic N) is 1. The van der Waals surface area contributed by atoms with Crippen LogP contribution in [-0.2, 0) is 35.8 Å². The van der Waals surface area contributed by atoms with Crippen molar-refractivity contribution < 1.29 is 43.0 Å². The lowest BCUT2D eigenvalue weighted by atomic mass is 9.76. The predicted octanol–water partition coefficient (Wildman–Crippen LogP) is 6.57. The van der Waals surface area contributed by atoms with Crippen LogP contribution in [0.4, 0.5) is 4.79 Å². The fourth-order valence-corrected chi connectivity index (χ4v) is 7.11. The molecule has 6 rings (SSSR count). The Hall–Kier alpha value is -5.47. The molecule has 2 aliphatic rings. The number of hydrogen-bond acceptors (Lipinski definition) is 10. The highest BCUT2D eigenvalue weighted by Gasteiger charge is 2.45. The Morgan fingerprint density at radius 1 is 0.885 bits per heavy atom. The number of benzene rings is 3. The summed E-state index contributed by atoms with van der Waals surface area (Å²) < 4.78 is 43.7. The number of ether oxygens (including phenoxy) is 6. The van der Waals surface area contributed by atoms with E-state index in [0.29, 0.717) is 22.6 Å². The van der Waals surface area contributed by atoms with Crippen LogP contribution in [0.3, 0.4) is 0 Å². The van der Waals surface area contributed by atoms with Crippen LogP contribution in [0.25, 0.3) is 0 Å². The zero-order valence-electron chi connectivity index (χ0n) is 36.1. The molecule has 13 heteroatoms. The van der Waals surface area contributed by atoms with E-state index in [1.165, 1.54) is 22.9 Å². The number of rotatable bonds is 16. The molecule has 1 fully saturated rings. The molecule has 0 amide bonds. The van der Waals surface area contributed by atoms with E-state index in [4.69, 9.17) is 38.2 Å². The largest absolute Gasteiger partial charge is 0.508 e. The number of carbonyl (C=O) groups is 1. The molecule has 1 aliphatic carbocycles. The molecule has 1 saturated heterocycles. The van der Waals surface area contributed by atoms with Gasteiger partial charge in [0.25, 0.3) is 5.56 Å². The summed E-state index contributed by atoms with van der Waals surface area (Å²) in [4.78, 5) is 39.3. The summed E-state index contributed by atoms with van der Waals surface area (Å²) in [5.41, 5.74) is 0.934. The molecule has 12 nitrogen and oxygen atoms in total.